The third-order valence-corrected chi connectivity index (χ3v) is 5.06. The van der Waals surface area contributed by atoms with Gasteiger partial charge in [-0.25, -0.2) is 9.78 Å². The molecule has 4 rings (SSSR count). The number of pyridine rings is 1. The zero-order valence-corrected chi connectivity index (χ0v) is 18.3. The van der Waals surface area contributed by atoms with Gasteiger partial charge in [0.05, 0.1) is 18.7 Å². The van der Waals surface area contributed by atoms with Crippen LogP contribution in [0.15, 0.2) is 41.0 Å². The molecule has 1 fully saturated rings. The Balaban J connectivity index is 1.80. The first kappa shape index (κ1) is 19.8. The van der Waals surface area contributed by atoms with Crippen molar-refractivity contribution in [1.29, 1.82) is 0 Å². The molecule has 0 aliphatic carbocycles. The molecule has 0 unspecified atom stereocenters. The van der Waals surface area contributed by atoms with Crippen LogP contribution in [0.25, 0.3) is 22.2 Å². The molecule has 0 amide bonds. The van der Waals surface area contributed by atoms with E-state index in [9.17, 15) is 4.79 Å². The highest BCUT2D eigenvalue weighted by Gasteiger charge is 2.23. The molecule has 0 atom stereocenters. The van der Waals surface area contributed by atoms with Crippen molar-refractivity contribution in [3.8, 4) is 11.3 Å². The van der Waals surface area contributed by atoms with Crippen molar-refractivity contribution in [3.63, 3.8) is 0 Å². The molecule has 29 heavy (non-hydrogen) atoms. The van der Waals surface area contributed by atoms with Gasteiger partial charge in [-0.3, -0.25) is 0 Å². The fraction of sp³-hybridized carbons (Fsp3) is 0.381. The van der Waals surface area contributed by atoms with Crippen molar-refractivity contribution in [2.75, 3.05) is 31.2 Å². The Bertz CT molecular complexity index is 1050. The molecule has 152 valence electrons. The van der Waals surface area contributed by atoms with Gasteiger partial charge in [-0.05, 0) is 51.1 Å². The largest absolute Gasteiger partial charge is 0.442 e. The summed E-state index contributed by atoms with van der Waals surface area (Å²) in [5, 5.41) is 5.49. The minimum Gasteiger partial charge on any atom is -0.442 e. The van der Waals surface area contributed by atoms with Gasteiger partial charge in [0.2, 0.25) is 0 Å². The number of halogens is 1. The van der Waals surface area contributed by atoms with Gasteiger partial charge < -0.3 is 14.4 Å². The fourth-order valence-corrected chi connectivity index (χ4v) is 3.64. The molecular weight excluding hydrogens is 436 g/mol. The molecule has 2 aromatic heterocycles. The smallest absolute Gasteiger partial charge is 0.435 e. The molecule has 0 N–H and O–H groups in total. The standard InChI is InChI=1S/C21H23BrN4O3/c1-21(2,3)29-20(27)26-17-5-4-15(22)13-16(17)19(24-26)14-6-7-23-18(12-14)25-8-10-28-11-9-25/h4-7,12-13H,8-11H2,1-3H3. The number of aromatic nitrogens is 3. The van der Waals surface area contributed by atoms with Crippen LogP contribution in [0.3, 0.4) is 0 Å². The number of anilines is 1. The molecule has 1 aromatic carbocycles. The van der Waals surface area contributed by atoms with E-state index >= 15 is 0 Å². The second-order valence-corrected chi connectivity index (χ2v) is 8.82. The first-order valence-corrected chi connectivity index (χ1v) is 10.3. The topological polar surface area (TPSA) is 69.5 Å². The number of nitrogens with zero attached hydrogens (tertiary/aromatic N) is 4. The second-order valence-electron chi connectivity index (χ2n) is 7.90. The Hall–Kier alpha value is -2.45. The highest BCUT2D eigenvalue weighted by Crippen LogP contribution is 2.32. The molecule has 1 aliphatic rings. The number of rotatable bonds is 2. The van der Waals surface area contributed by atoms with Gasteiger partial charge in [-0.1, -0.05) is 15.9 Å². The lowest BCUT2D eigenvalue weighted by atomic mass is 10.1. The van der Waals surface area contributed by atoms with Crippen molar-refractivity contribution in [2.24, 2.45) is 0 Å². The summed E-state index contributed by atoms with van der Waals surface area (Å²) in [6.45, 7) is 8.50. The number of hydrogen-bond acceptors (Lipinski definition) is 6. The third kappa shape index (κ3) is 4.28. The van der Waals surface area contributed by atoms with Gasteiger partial charge >= 0.3 is 6.09 Å². The first-order chi connectivity index (χ1) is 13.8. The normalized spacial score (nSPS) is 15.0. The van der Waals surface area contributed by atoms with Crippen LogP contribution in [-0.4, -0.2) is 52.8 Å². The quantitative estimate of drug-likeness (QED) is 0.563. The third-order valence-electron chi connectivity index (χ3n) is 4.56. The van der Waals surface area contributed by atoms with Gasteiger partial charge in [-0.15, -0.1) is 0 Å². The van der Waals surface area contributed by atoms with Crippen molar-refractivity contribution in [2.45, 2.75) is 26.4 Å². The zero-order chi connectivity index (χ0) is 20.6. The number of morpholine rings is 1. The van der Waals surface area contributed by atoms with E-state index in [-0.39, 0.29) is 0 Å². The highest BCUT2D eigenvalue weighted by atomic mass is 79.9. The van der Waals surface area contributed by atoms with Crippen LogP contribution in [-0.2, 0) is 9.47 Å². The van der Waals surface area contributed by atoms with Crippen LogP contribution in [0.5, 0.6) is 0 Å². The van der Waals surface area contributed by atoms with Gasteiger partial charge in [0.1, 0.15) is 17.1 Å². The van der Waals surface area contributed by atoms with Crippen LogP contribution in [0.2, 0.25) is 0 Å². The van der Waals surface area contributed by atoms with Crippen LogP contribution >= 0.6 is 15.9 Å². The summed E-state index contributed by atoms with van der Waals surface area (Å²) in [6.07, 6.45) is 1.27. The predicted molar refractivity (Wildman–Crippen MR) is 115 cm³/mol. The van der Waals surface area contributed by atoms with Gasteiger partial charge in [0, 0.05) is 34.7 Å². The lowest BCUT2D eigenvalue weighted by Crippen LogP contribution is -2.36. The van der Waals surface area contributed by atoms with E-state index < -0.39 is 11.7 Å². The summed E-state index contributed by atoms with van der Waals surface area (Å²) in [6, 6.07) is 9.64. The average Bonchev–Trinajstić information content (AvgIpc) is 3.06. The van der Waals surface area contributed by atoms with Crippen molar-refractivity contribution >= 4 is 38.7 Å². The number of benzene rings is 1. The van der Waals surface area contributed by atoms with Gasteiger partial charge in [0.25, 0.3) is 0 Å². The molecule has 1 saturated heterocycles. The number of ether oxygens (including phenoxy) is 2. The molecule has 3 heterocycles. The van der Waals surface area contributed by atoms with Crippen molar-refractivity contribution < 1.29 is 14.3 Å². The zero-order valence-electron chi connectivity index (χ0n) is 16.7. The summed E-state index contributed by atoms with van der Waals surface area (Å²) < 4.78 is 13.2. The molecule has 0 saturated carbocycles. The maximum Gasteiger partial charge on any atom is 0.435 e. The summed E-state index contributed by atoms with van der Waals surface area (Å²) in [7, 11) is 0. The molecule has 7 nitrogen and oxygen atoms in total. The van der Waals surface area contributed by atoms with E-state index in [0.29, 0.717) is 24.4 Å². The fourth-order valence-electron chi connectivity index (χ4n) is 3.28. The predicted octanol–water partition coefficient (Wildman–Crippen LogP) is 4.48. The number of carbonyl (C=O) groups is 1. The summed E-state index contributed by atoms with van der Waals surface area (Å²) in [4.78, 5) is 19.5. The molecular formula is C21H23BrN4O3. The highest BCUT2D eigenvalue weighted by molar-refractivity contribution is 9.10. The Morgan fingerprint density at radius 3 is 2.66 bits per heavy atom. The maximum absolute atomic E-state index is 12.8. The minimum atomic E-state index is -0.606. The monoisotopic (exact) mass is 458 g/mol. The van der Waals surface area contributed by atoms with E-state index in [0.717, 1.165) is 34.3 Å². The van der Waals surface area contributed by atoms with Crippen LogP contribution in [0.4, 0.5) is 10.6 Å². The van der Waals surface area contributed by atoms with Crippen LogP contribution < -0.4 is 4.90 Å². The molecule has 8 heteroatoms. The Labute approximate surface area is 177 Å². The van der Waals surface area contributed by atoms with E-state index in [4.69, 9.17) is 9.47 Å². The van der Waals surface area contributed by atoms with Crippen molar-refractivity contribution in [3.05, 3.63) is 41.0 Å². The molecule has 0 bridgehead atoms. The van der Waals surface area contributed by atoms with E-state index in [2.05, 4.69) is 30.9 Å². The van der Waals surface area contributed by atoms with E-state index in [1.165, 1.54) is 4.68 Å². The summed E-state index contributed by atoms with van der Waals surface area (Å²) in [5.74, 6) is 0.876. The van der Waals surface area contributed by atoms with Gasteiger partial charge in [0.15, 0.2) is 0 Å². The number of carbonyl (C=O) groups excluding carboxylic acids is 1. The first-order valence-electron chi connectivity index (χ1n) is 9.52. The molecule has 0 radical (unpaired) electrons. The molecule has 3 aromatic rings. The van der Waals surface area contributed by atoms with Crippen LogP contribution in [0.1, 0.15) is 20.8 Å². The molecule has 1 aliphatic heterocycles. The van der Waals surface area contributed by atoms with Crippen molar-refractivity contribution in [1.82, 2.24) is 14.8 Å². The maximum atomic E-state index is 12.8. The Kier molecular flexibility index (Phi) is 5.31. The Morgan fingerprint density at radius 1 is 1.17 bits per heavy atom. The van der Waals surface area contributed by atoms with Crippen LogP contribution in [0, 0.1) is 0 Å². The number of hydrogen-bond donors (Lipinski definition) is 0. The average molecular weight is 459 g/mol. The SMILES string of the molecule is CC(C)(C)OC(=O)n1nc(-c2ccnc(N3CCOCC3)c2)c2cc(Br)ccc21. The minimum absolute atomic E-state index is 0.501. The second kappa shape index (κ2) is 7.76. The van der Waals surface area contributed by atoms with E-state index in [1.807, 2.05) is 51.1 Å². The lowest BCUT2D eigenvalue weighted by molar-refractivity contribution is 0.0523. The van der Waals surface area contributed by atoms with E-state index in [1.54, 1.807) is 6.20 Å². The lowest BCUT2D eigenvalue weighted by Gasteiger charge is -2.27. The number of fused-ring (bicyclic) bond motifs is 1. The summed E-state index contributed by atoms with van der Waals surface area (Å²) in [5.41, 5.74) is 1.70. The summed E-state index contributed by atoms with van der Waals surface area (Å²) >= 11 is 3.52. The van der Waals surface area contributed by atoms with Gasteiger partial charge in [-0.2, -0.15) is 9.78 Å². The Morgan fingerprint density at radius 2 is 1.93 bits per heavy atom. The molecule has 0 spiro atoms.